The van der Waals surface area contributed by atoms with Gasteiger partial charge in [-0.2, -0.15) is 5.10 Å². The van der Waals surface area contributed by atoms with Crippen LogP contribution in [0.15, 0.2) is 6.20 Å². The second-order valence-electron chi connectivity index (χ2n) is 3.62. The number of aromatic nitrogens is 2. The van der Waals surface area contributed by atoms with Crippen LogP contribution in [-0.4, -0.2) is 28.9 Å². The van der Waals surface area contributed by atoms with Crippen molar-refractivity contribution in [2.45, 2.75) is 13.3 Å². The van der Waals surface area contributed by atoms with Gasteiger partial charge in [0, 0.05) is 12.3 Å². The lowest BCUT2D eigenvalue weighted by molar-refractivity contribution is -0.0334. The largest absolute Gasteiger partial charge is 0.396 e. The Morgan fingerprint density at radius 2 is 2.50 bits per heavy atom. The molecule has 5 heteroatoms. The summed E-state index contributed by atoms with van der Waals surface area (Å²) in [6.07, 6.45) is 2.05. The van der Waals surface area contributed by atoms with Gasteiger partial charge in [-0.15, -0.1) is 0 Å². The monoisotopic (exact) mass is 195 g/mol. The molecule has 14 heavy (non-hydrogen) atoms. The molecule has 0 aromatic carbocycles. The van der Waals surface area contributed by atoms with Gasteiger partial charge in [0.15, 0.2) is 0 Å². The molecule has 0 aliphatic carbocycles. The Morgan fingerprint density at radius 1 is 1.79 bits per heavy atom. The second kappa shape index (κ2) is 3.42. The Morgan fingerprint density at radius 3 is 2.93 bits per heavy atom. The number of nitrogen functional groups attached to an aromatic ring is 1. The number of anilines is 1. The molecular formula is C9H13N3O2. The topological polar surface area (TPSA) is 70.1 Å². The van der Waals surface area contributed by atoms with Crippen LogP contribution in [0.1, 0.15) is 16.9 Å². The predicted octanol–water partition coefficient (Wildman–Crippen LogP) is 0.450. The minimum atomic E-state index is -0.0156. The molecule has 0 unspecified atom stereocenters. The lowest BCUT2D eigenvalue weighted by Gasteiger charge is -2.24. The molecule has 2 N–H and O–H groups in total. The van der Waals surface area contributed by atoms with Crippen molar-refractivity contribution in [2.24, 2.45) is 5.92 Å². The highest BCUT2D eigenvalue weighted by Crippen LogP contribution is 2.16. The molecule has 2 rings (SSSR count). The molecule has 1 aromatic heterocycles. The Balaban J connectivity index is 2.02. The SMILES string of the molecule is Cc1nn(C(=O)CC2COC2)cc1N. The van der Waals surface area contributed by atoms with Gasteiger partial charge in [0.1, 0.15) is 0 Å². The minimum absolute atomic E-state index is 0.0156. The molecular weight excluding hydrogens is 182 g/mol. The van der Waals surface area contributed by atoms with Crippen molar-refractivity contribution < 1.29 is 9.53 Å². The average molecular weight is 195 g/mol. The second-order valence-corrected chi connectivity index (χ2v) is 3.62. The van der Waals surface area contributed by atoms with E-state index < -0.39 is 0 Å². The number of nitrogens with zero attached hydrogens (tertiary/aromatic N) is 2. The van der Waals surface area contributed by atoms with Crippen molar-refractivity contribution in [3.8, 4) is 0 Å². The normalized spacial score (nSPS) is 16.6. The maximum Gasteiger partial charge on any atom is 0.247 e. The maximum absolute atomic E-state index is 11.6. The van der Waals surface area contributed by atoms with Gasteiger partial charge in [-0.3, -0.25) is 4.79 Å². The molecule has 1 aromatic rings. The first-order chi connectivity index (χ1) is 6.66. The van der Waals surface area contributed by atoms with E-state index in [9.17, 15) is 4.79 Å². The molecule has 0 bridgehead atoms. The van der Waals surface area contributed by atoms with Gasteiger partial charge < -0.3 is 10.5 Å². The molecule has 1 fully saturated rings. The fraction of sp³-hybridized carbons (Fsp3) is 0.556. The van der Waals surface area contributed by atoms with Gasteiger partial charge in [0.25, 0.3) is 0 Å². The molecule has 0 atom stereocenters. The van der Waals surface area contributed by atoms with Gasteiger partial charge in [-0.1, -0.05) is 0 Å². The summed E-state index contributed by atoms with van der Waals surface area (Å²) in [4.78, 5) is 11.6. The third-order valence-corrected chi connectivity index (χ3v) is 2.36. The summed E-state index contributed by atoms with van der Waals surface area (Å²) in [5.41, 5.74) is 6.85. The zero-order valence-electron chi connectivity index (χ0n) is 8.06. The first kappa shape index (κ1) is 9.21. The summed E-state index contributed by atoms with van der Waals surface area (Å²) in [7, 11) is 0. The van der Waals surface area contributed by atoms with Crippen LogP contribution in [0, 0.1) is 12.8 Å². The summed E-state index contributed by atoms with van der Waals surface area (Å²) >= 11 is 0. The molecule has 0 spiro atoms. The smallest absolute Gasteiger partial charge is 0.247 e. The third kappa shape index (κ3) is 1.63. The molecule has 0 radical (unpaired) electrons. The summed E-state index contributed by atoms with van der Waals surface area (Å²) in [6, 6.07) is 0. The summed E-state index contributed by atoms with van der Waals surface area (Å²) in [5, 5.41) is 4.02. The van der Waals surface area contributed by atoms with Crippen molar-refractivity contribution in [3.63, 3.8) is 0 Å². The highest BCUT2D eigenvalue weighted by Gasteiger charge is 2.22. The number of hydrogen-bond acceptors (Lipinski definition) is 4. The molecule has 5 nitrogen and oxygen atoms in total. The molecule has 0 amide bonds. The molecule has 76 valence electrons. The first-order valence-electron chi connectivity index (χ1n) is 4.59. The summed E-state index contributed by atoms with van der Waals surface area (Å²) in [5.74, 6) is 0.339. The Labute approximate surface area is 81.8 Å². The fourth-order valence-electron chi connectivity index (χ4n) is 1.34. The van der Waals surface area contributed by atoms with Crippen LogP contribution in [-0.2, 0) is 4.74 Å². The van der Waals surface area contributed by atoms with Crippen LogP contribution in [0.4, 0.5) is 5.69 Å². The van der Waals surface area contributed by atoms with Crippen LogP contribution in [0.25, 0.3) is 0 Å². The van der Waals surface area contributed by atoms with Crippen LogP contribution in [0.3, 0.4) is 0 Å². The maximum atomic E-state index is 11.6. The van der Waals surface area contributed by atoms with Gasteiger partial charge in [-0.05, 0) is 6.92 Å². The standard InChI is InChI=1S/C9H13N3O2/c1-6-8(10)3-12(11-6)9(13)2-7-4-14-5-7/h3,7H,2,4-5,10H2,1H3. The van der Waals surface area contributed by atoms with E-state index in [1.807, 2.05) is 0 Å². The van der Waals surface area contributed by atoms with Crippen LogP contribution >= 0.6 is 0 Å². The number of aryl methyl sites for hydroxylation is 1. The Hall–Kier alpha value is -1.36. The van der Waals surface area contributed by atoms with E-state index in [0.29, 0.717) is 36.9 Å². The quantitative estimate of drug-likeness (QED) is 0.743. The Bertz CT molecular complexity index is 335. The molecule has 0 saturated carbocycles. The van der Waals surface area contributed by atoms with Gasteiger partial charge in [0.2, 0.25) is 5.91 Å². The van der Waals surface area contributed by atoms with Crippen molar-refractivity contribution in [1.82, 2.24) is 9.78 Å². The number of carbonyl (C=O) groups excluding carboxylic acids is 1. The number of hydrogen-bond donors (Lipinski definition) is 1. The molecule has 1 aliphatic heterocycles. The van der Waals surface area contributed by atoms with Gasteiger partial charge >= 0.3 is 0 Å². The minimum Gasteiger partial charge on any atom is -0.396 e. The summed E-state index contributed by atoms with van der Waals surface area (Å²) < 4.78 is 6.32. The number of carbonyl (C=O) groups is 1. The lowest BCUT2D eigenvalue weighted by atomic mass is 10.0. The zero-order chi connectivity index (χ0) is 10.1. The van der Waals surface area contributed by atoms with Crippen molar-refractivity contribution in [1.29, 1.82) is 0 Å². The fourth-order valence-corrected chi connectivity index (χ4v) is 1.34. The van der Waals surface area contributed by atoms with Gasteiger partial charge in [-0.25, -0.2) is 4.68 Å². The van der Waals surface area contributed by atoms with E-state index in [0.717, 1.165) is 0 Å². The molecule has 1 saturated heterocycles. The van der Waals surface area contributed by atoms with E-state index in [1.165, 1.54) is 4.68 Å². The van der Waals surface area contributed by atoms with E-state index in [4.69, 9.17) is 10.5 Å². The highest BCUT2D eigenvalue weighted by molar-refractivity contribution is 5.79. The summed E-state index contributed by atoms with van der Waals surface area (Å²) in [6.45, 7) is 3.15. The van der Waals surface area contributed by atoms with E-state index in [-0.39, 0.29) is 5.91 Å². The highest BCUT2D eigenvalue weighted by atomic mass is 16.5. The predicted molar refractivity (Wildman–Crippen MR) is 50.9 cm³/mol. The van der Waals surface area contributed by atoms with Crippen molar-refractivity contribution in [2.75, 3.05) is 18.9 Å². The number of ether oxygens (including phenoxy) is 1. The number of nitrogens with two attached hydrogens (primary N) is 1. The first-order valence-corrected chi connectivity index (χ1v) is 4.59. The van der Waals surface area contributed by atoms with Crippen LogP contribution in [0.5, 0.6) is 0 Å². The van der Waals surface area contributed by atoms with Crippen LogP contribution in [0.2, 0.25) is 0 Å². The van der Waals surface area contributed by atoms with Crippen molar-refractivity contribution >= 4 is 11.6 Å². The molecule has 2 heterocycles. The number of rotatable bonds is 2. The lowest BCUT2D eigenvalue weighted by Crippen LogP contribution is -2.31. The molecule has 1 aliphatic rings. The van der Waals surface area contributed by atoms with Gasteiger partial charge in [0.05, 0.1) is 30.8 Å². The third-order valence-electron chi connectivity index (χ3n) is 2.36. The van der Waals surface area contributed by atoms with E-state index in [1.54, 1.807) is 13.1 Å². The van der Waals surface area contributed by atoms with Crippen molar-refractivity contribution in [3.05, 3.63) is 11.9 Å². The van der Waals surface area contributed by atoms with E-state index in [2.05, 4.69) is 5.10 Å². The zero-order valence-corrected chi connectivity index (χ0v) is 8.06. The Kier molecular flexibility index (Phi) is 2.25. The van der Waals surface area contributed by atoms with Crippen LogP contribution < -0.4 is 5.73 Å². The van der Waals surface area contributed by atoms with E-state index >= 15 is 0 Å². The average Bonchev–Trinajstić information content (AvgIpc) is 2.40.